The highest BCUT2D eigenvalue weighted by Gasteiger charge is 2.17. The van der Waals surface area contributed by atoms with Crippen molar-refractivity contribution in [1.82, 2.24) is 0 Å². The highest BCUT2D eigenvalue weighted by atomic mass is 32.1. The molecule has 0 fully saturated rings. The first-order chi connectivity index (χ1) is 8.56. The van der Waals surface area contributed by atoms with Gasteiger partial charge in [0.05, 0.1) is 6.04 Å². The number of thiophene rings is 1. The van der Waals surface area contributed by atoms with Crippen molar-refractivity contribution in [2.75, 3.05) is 5.32 Å². The van der Waals surface area contributed by atoms with E-state index in [9.17, 15) is 8.78 Å². The van der Waals surface area contributed by atoms with Crippen LogP contribution in [0.2, 0.25) is 0 Å². The van der Waals surface area contributed by atoms with Crippen LogP contribution in [0.1, 0.15) is 24.8 Å². The maximum atomic E-state index is 13.1. The summed E-state index contributed by atoms with van der Waals surface area (Å²) in [5.41, 5.74) is 0.472. The molecule has 0 bridgehead atoms. The highest BCUT2D eigenvalue weighted by Crippen LogP contribution is 2.30. The summed E-state index contributed by atoms with van der Waals surface area (Å²) in [5, 5.41) is 5.19. The van der Waals surface area contributed by atoms with Gasteiger partial charge in [-0.15, -0.1) is 11.3 Å². The van der Waals surface area contributed by atoms with Crippen molar-refractivity contribution >= 4 is 17.0 Å². The minimum atomic E-state index is -0.564. The van der Waals surface area contributed by atoms with Gasteiger partial charge in [-0.1, -0.05) is 19.9 Å². The number of halogens is 2. The fraction of sp³-hybridized carbons (Fsp3) is 0.286. The number of rotatable bonds is 4. The zero-order valence-electron chi connectivity index (χ0n) is 10.3. The number of hydrogen-bond acceptors (Lipinski definition) is 2. The van der Waals surface area contributed by atoms with Gasteiger partial charge in [0.15, 0.2) is 0 Å². The Bertz CT molecular complexity index is 488. The van der Waals surface area contributed by atoms with Crippen molar-refractivity contribution in [3.8, 4) is 0 Å². The van der Waals surface area contributed by atoms with Crippen LogP contribution in [0.25, 0.3) is 0 Å². The molecule has 96 valence electrons. The predicted octanol–water partition coefficient (Wildman–Crippen LogP) is 4.84. The van der Waals surface area contributed by atoms with Crippen LogP contribution in [-0.4, -0.2) is 0 Å². The molecular weight excluding hydrogens is 252 g/mol. The summed E-state index contributed by atoms with van der Waals surface area (Å²) >= 11 is 1.64. The molecule has 1 N–H and O–H groups in total. The van der Waals surface area contributed by atoms with Gasteiger partial charge in [0.2, 0.25) is 0 Å². The van der Waals surface area contributed by atoms with Gasteiger partial charge in [-0.3, -0.25) is 0 Å². The second-order valence-corrected chi connectivity index (χ2v) is 5.52. The lowest BCUT2D eigenvalue weighted by Crippen LogP contribution is -2.15. The van der Waals surface area contributed by atoms with Gasteiger partial charge < -0.3 is 5.32 Å². The van der Waals surface area contributed by atoms with E-state index in [-0.39, 0.29) is 6.04 Å². The van der Waals surface area contributed by atoms with E-state index in [1.165, 1.54) is 12.1 Å². The van der Waals surface area contributed by atoms with E-state index in [1.54, 1.807) is 11.3 Å². The molecule has 0 amide bonds. The summed E-state index contributed by atoms with van der Waals surface area (Å²) in [5.74, 6) is -0.799. The summed E-state index contributed by atoms with van der Waals surface area (Å²) in [6, 6.07) is 7.56. The monoisotopic (exact) mass is 267 g/mol. The predicted molar refractivity (Wildman–Crippen MR) is 71.9 cm³/mol. The van der Waals surface area contributed by atoms with Crippen molar-refractivity contribution in [3.05, 3.63) is 52.2 Å². The van der Waals surface area contributed by atoms with Crippen molar-refractivity contribution in [2.24, 2.45) is 5.92 Å². The molecule has 0 aliphatic heterocycles. The van der Waals surface area contributed by atoms with E-state index in [0.29, 0.717) is 11.6 Å². The minimum Gasteiger partial charge on any atom is -0.377 e. The van der Waals surface area contributed by atoms with Crippen LogP contribution in [0.5, 0.6) is 0 Å². The number of benzene rings is 1. The molecule has 0 saturated carbocycles. The minimum absolute atomic E-state index is 0.0613. The van der Waals surface area contributed by atoms with E-state index >= 15 is 0 Å². The fourth-order valence-electron chi connectivity index (χ4n) is 1.85. The molecule has 1 aromatic carbocycles. The third-order valence-corrected chi connectivity index (χ3v) is 3.66. The molecular formula is C14H15F2NS. The largest absolute Gasteiger partial charge is 0.377 e. The first kappa shape index (κ1) is 13.0. The van der Waals surface area contributed by atoms with Gasteiger partial charge in [-0.05, 0) is 29.5 Å². The van der Waals surface area contributed by atoms with E-state index in [4.69, 9.17) is 0 Å². The molecule has 1 heterocycles. The Kier molecular flexibility index (Phi) is 3.97. The van der Waals surface area contributed by atoms with Crippen LogP contribution in [0.15, 0.2) is 35.7 Å². The molecule has 0 radical (unpaired) electrons. The SMILES string of the molecule is CC(C)C(Nc1cc(F)cc(F)c1)c1cccs1. The van der Waals surface area contributed by atoms with Gasteiger partial charge in [-0.25, -0.2) is 8.78 Å². The lowest BCUT2D eigenvalue weighted by Gasteiger charge is -2.22. The first-order valence-corrected chi connectivity index (χ1v) is 6.70. The van der Waals surface area contributed by atoms with Crippen LogP contribution in [0.4, 0.5) is 14.5 Å². The van der Waals surface area contributed by atoms with Gasteiger partial charge in [0.1, 0.15) is 11.6 Å². The summed E-state index contributed by atoms with van der Waals surface area (Å²) in [6.07, 6.45) is 0. The third-order valence-electron chi connectivity index (χ3n) is 2.70. The number of hydrogen-bond donors (Lipinski definition) is 1. The van der Waals surface area contributed by atoms with E-state index in [2.05, 4.69) is 19.2 Å². The molecule has 2 rings (SSSR count). The second kappa shape index (κ2) is 5.48. The van der Waals surface area contributed by atoms with Crippen LogP contribution in [-0.2, 0) is 0 Å². The highest BCUT2D eigenvalue weighted by molar-refractivity contribution is 7.10. The Morgan fingerprint density at radius 3 is 2.28 bits per heavy atom. The van der Waals surface area contributed by atoms with Crippen LogP contribution >= 0.6 is 11.3 Å². The van der Waals surface area contributed by atoms with Gasteiger partial charge in [0.25, 0.3) is 0 Å². The van der Waals surface area contributed by atoms with Crippen molar-refractivity contribution in [1.29, 1.82) is 0 Å². The Morgan fingerprint density at radius 1 is 1.11 bits per heavy atom. The zero-order valence-corrected chi connectivity index (χ0v) is 11.1. The molecule has 4 heteroatoms. The Balaban J connectivity index is 2.24. The lowest BCUT2D eigenvalue weighted by molar-refractivity contribution is 0.549. The van der Waals surface area contributed by atoms with E-state index in [1.807, 2.05) is 17.5 Å². The van der Waals surface area contributed by atoms with Crippen molar-refractivity contribution in [2.45, 2.75) is 19.9 Å². The van der Waals surface area contributed by atoms with Crippen LogP contribution in [0.3, 0.4) is 0 Å². The molecule has 1 nitrogen and oxygen atoms in total. The second-order valence-electron chi connectivity index (χ2n) is 4.54. The third kappa shape index (κ3) is 3.07. The van der Waals surface area contributed by atoms with Crippen molar-refractivity contribution in [3.63, 3.8) is 0 Å². The number of nitrogens with one attached hydrogen (secondary N) is 1. The van der Waals surface area contributed by atoms with E-state index < -0.39 is 11.6 Å². The van der Waals surface area contributed by atoms with E-state index in [0.717, 1.165) is 10.9 Å². The molecule has 1 aromatic heterocycles. The smallest absolute Gasteiger partial charge is 0.128 e. The average Bonchev–Trinajstić information content (AvgIpc) is 2.77. The molecule has 0 aliphatic rings. The number of anilines is 1. The maximum Gasteiger partial charge on any atom is 0.128 e. The van der Waals surface area contributed by atoms with Gasteiger partial charge >= 0.3 is 0 Å². The molecule has 1 unspecified atom stereocenters. The Hall–Kier alpha value is -1.42. The van der Waals surface area contributed by atoms with Gasteiger partial charge in [0, 0.05) is 16.6 Å². The van der Waals surface area contributed by atoms with Gasteiger partial charge in [-0.2, -0.15) is 0 Å². The Morgan fingerprint density at radius 2 is 1.78 bits per heavy atom. The molecule has 18 heavy (non-hydrogen) atoms. The summed E-state index contributed by atoms with van der Waals surface area (Å²) in [6.45, 7) is 4.15. The fourth-order valence-corrected chi connectivity index (χ4v) is 2.80. The standard InChI is InChI=1S/C14H15F2NS/c1-9(2)14(13-4-3-5-18-13)17-12-7-10(15)6-11(16)8-12/h3-9,14,17H,1-2H3. The van der Waals surface area contributed by atoms with Crippen LogP contribution in [0, 0.1) is 17.6 Å². The molecule has 0 saturated heterocycles. The maximum absolute atomic E-state index is 13.1. The summed E-state index contributed by atoms with van der Waals surface area (Å²) in [7, 11) is 0. The first-order valence-electron chi connectivity index (χ1n) is 5.82. The van der Waals surface area contributed by atoms with Crippen LogP contribution < -0.4 is 5.32 Å². The Labute approximate surface area is 109 Å². The summed E-state index contributed by atoms with van der Waals surface area (Å²) in [4.78, 5) is 1.16. The molecule has 0 aliphatic carbocycles. The molecule has 1 atom stereocenters. The molecule has 0 spiro atoms. The van der Waals surface area contributed by atoms with Crippen molar-refractivity contribution < 1.29 is 8.78 Å². The molecule has 2 aromatic rings. The quantitative estimate of drug-likeness (QED) is 0.836. The normalized spacial score (nSPS) is 12.7. The summed E-state index contributed by atoms with van der Waals surface area (Å²) < 4.78 is 26.3. The average molecular weight is 267 g/mol. The lowest BCUT2D eigenvalue weighted by atomic mass is 10.0. The topological polar surface area (TPSA) is 12.0 Å². The zero-order chi connectivity index (χ0) is 13.1.